The number of rotatable bonds is 5. The van der Waals surface area contributed by atoms with E-state index in [2.05, 4.69) is 0 Å². The summed E-state index contributed by atoms with van der Waals surface area (Å²) in [6, 6.07) is 13.2. The van der Waals surface area contributed by atoms with Crippen molar-refractivity contribution in [3.8, 4) is 11.1 Å². The molecule has 0 aliphatic carbocycles. The number of aryl methyl sites for hydroxylation is 2. The van der Waals surface area contributed by atoms with Crippen molar-refractivity contribution < 1.29 is 34.8 Å². The Kier molecular flexibility index (Phi) is 6.52. The van der Waals surface area contributed by atoms with E-state index in [1.807, 2.05) is 42.0 Å². The molecule has 0 radical (unpaired) electrons. The molecule has 0 spiro atoms. The van der Waals surface area contributed by atoms with Crippen molar-refractivity contribution in [3.05, 3.63) is 88.5 Å². The van der Waals surface area contributed by atoms with E-state index < -0.39 is 44.9 Å². The van der Waals surface area contributed by atoms with Crippen LogP contribution in [-0.2, 0) is 28.1 Å². The first-order valence-electron chi connectivity index (χ1n) is 9.60. The van der Waals surface area contributed by atoms with Crippen molar-refractivity contribution >= 4 is 15.7 Å². The molecule has 3 aromatic carbocycles. The molecule has 3 aromatic rings. The monoisotopic (exact) mass is 487 g/mol. The maximum absolute atomic E-state index is 13.0. The van der Waals surface area contributed by atoms with Crippen LogP contribution in [0.2, 0.25) is 0 Å². The van der Waals surface area contributed by atoms with Gasteiger partial charge in [0, 0.05) is 5.69 Å². The zero-order valence-electron chi connectivity index (χ0n) is 17.5. The third-order valence-electron chi connectivity index (χ3n) is 4.71. The minimum Gasteiger partial charge on any atom is -0.283 e. The Morgan fingerprint density at radius 3 is 1.85 bits per heavy atom. The van der Waals surface area contributed by atoms with E-state index in [1.54, 1.807) is 19.1 Å². The molecule has 0 aromatic heterocycles. The molecule has 0 aliphatic heterocycles. The van der Waals surface area contributed by atoms with Crippen LogP contribution in [0.1, 0.15) is 27.8 Å². The Morgan fingerprint density at radius 1 is 0.727 bits per heavy atom. The molecular formula is C23H19F6NO2S. The average Bonchev–Trinajstić information content (AvgIpc) is 2.65. The zero-order chi connectivity index (χ0) is 24.6. The maximum Gasteiger partial charge on any atom is 0.416 e. The van der Waals surface area contributed by atoms with E-state index in [1.165, 1.54) is 0 Å². The molecule has 0 bridgehead atoms. The van der Waals surface area contributed by atoms with E-state index in [0.717, 1.165) is 22.3 Å². The predicted molar refractivity (Wildman–Crippen MR) is 114 cm³/mol. The fourth-order valence-electron chi connectivity index (χ4n) is 3.39. The normalized spacial score (nSPS) is 12.6. The Bertz CT molecular complexity index is 1250. The molecule has 0 saturated heterocycles. The molecule has 0 heterocycles. The fraction of sp³-hybridized carbons (Fsp3) is 0.217. The van der Waals surface area contributed by atoms with Gasteiger partial charge in [0.05, 0.1) is 16.9 Å². The second-order valence-corrected chi connectivity index (χ2v) is 9.45. The zero-order valence-corrected chi connectivity index (χ0v) is 18.3. The van der Waals surface area contributed by atoms with E-state index in [9.17, 15) is 34.8 Å². The van der Waals surface area contributed by atoms with Crippen molar-refractivity contribution in [3.63, 3.8) is 0 Å². The number of hydrogen-bond donors (Lipinski definition) is 1. The third-order valence-corrected chi connectivity index (χ3v) is 5.97. The first-order chi connectivity index (χ1) is 15.1. The fourth-order valence-corrected chi connectivity index (χ4v) is 4.54. The van der Waals surface area contributed by atoms with E-state index >= 15 is 0 Å². The first-order valence-corrected chi connectivity index (χ1v) is 11.3. The molecule has 0 atom stereocenters. The van der Waals surface area contributed by atoms with Gasteiger partial charge in [0.15, 0.2) is 0 Å². The summed E-state index contributed by atoms with van der Waals surface area (Å²) in [4.78, 5) is 0. The van der Waals surface area contributed by atoms with E-state index in [4.69, 9.17) is 0 Å². The standard InChI is InChI=1S/C23H19F6NO2S/c1-14-4-3-5-17(7-14)18-8-15(2)6-16(9-18)13-33(31,32)30-21-11-19(22(24,25)26)10-20(12-21)23(27,28)29/h3-12,30H,13H2,1-2H3. The van der Waals surface area contributed by atoms with Crippen LogP contribution < -0.4 is 4.72 Å². The van der Waals surface area contributed by atoms with Crippen LogP contribution in [0, 0.1) is 13.8 Å². The highest BCUT2D eigenvalue weighted by Gasteiger charge is 2.37. The summed E-state index contributed by atoms with van der Waals surface area (Å²) in [6.45, 7) is 3.66. The number of halogens is 6. The molecule has 176 valence electrons. The van der Waals surface area contributed by atoms with Crippen LogP contribution in [0.5, 0.6) is 0 Å². The molecule has 33 heavy (non-hydrogen) atoms. The van der Waals surface area contributed by atoms with Crippen LogP contribution in [0.4, 0.5) is 32.0 Å². The SMILES string of the molecule is Cc1cccc(-c2cc(C)cc(CS(=O)(=O)Nc3cc(C(F)(F)F)cc(C(F)(F)F)c3)c2)c1. The highest BCUT2D eigenvalue weighted by molar-refractivity contribution is 7.91. The van der Waals surface area contributed by atoms with E-state index in [0.29, 0.717) is 17.7 Å². The number of benzene rings is 3. The Morgan fingerprint density at radius 2 is 1.30 bits per heavy atom. The number of alkyl halides is 6. The summed E-state index contributed by atoms with van der Waals surface area (Å²) in [7, 11) is -4.32. The lowest BCUT2D eigenvalue weighted by Crippen LogP contribution is -2.17. The summed E-state index contributed by atoms with van der Waals surface area (Å²) < 4.78 is 105. The second-order valence-electron chi connectivity index (χ2n) is 7.73. The molecule has 0 saturated carbocycles. The topological polar surface area (TPSA) is 46.2 Å². The average molecular weight is 487 g/mol. The summed E-state index contributed by atoms with van der Waals surface area (Å²) in [6.07, 6.45) is -10.2. The van der Waals surface area contributed by atoms with Crippen molar-refractivity contribution in [2.45, 2.75) is 32.0 Å². The minimum atomic E-state index is -5.08. The molecule has 10 heteroatoms. The Labute approximate surface area is 187 Å². The van der Waals surface area contributed by atoms with Gasteiger partial charge in [0.25, 0.3) is 0 Å². The molecule has 3 nitrogen and oxygen atoms in total. The van der Waals surface area contributed by atoms with Gasteiger partial charge in [-0.3, -0.25) is 4.72 Å². The molecule has 0 fully saturated rings. The summed E-state index contributed by atoms with van der Waals surface area (Å²) >= 11 is 0. The van der Waals surface area contributed by atoms with Gasteiger partial charge in [-0.2, -0.15) is 26.3 Å². The van der Waals surface area contributed by atoms with Crippen molar-refractivity contribution in [1.82, 2.24) is 0 Å². The Hall–Kier alpha value is -3.01. The van der Waals surface area contributed by atoms with Gasteiger partial charge in [-0.1, -0.05) is 53.6 Å². The molecule has 3 rings (SSSR count). The lowest BCUT2D eigenvalue weighted by atomic mass is 9.99. The van der Waals surface area contributed by atoms with Gasteiger partial charge in [0.2, 0.25) is 10.0 Å². The van der Waals surface area contributed by atoms with Gasteiger partial charge in [-0.15, -0.1) is 0 Å². The van der Waals surface area contributed by atoms with E-state index in [-0.39, 0.29) is 6.07 Å². The number of nitrogens with one attached hydrogen (secondary N) is 1. The predicted octanol–water partition coefficient (Wildman–Crippen LogP) is 6.95. The van der Waals surface area contributed by atoms with Crippen LogP contribution in [-0.4, -0.2) is 8.42 Å². The van der Waals surface area contributed by atoms with Gasteiger partial charge in [0.1, 0.15) is 0 Å². The lowest BCUT2D eigenvalue weighted by molar-refractivity contribution is -0.143. The van der Waals surface area contributed by atoms with Gasteiger partial charge < -0.3 is 0 Å². The van der Waals surface area contributed by atoms with Crippen LogP contribution in [0.15, 0.2) is 60.7 Å². The molecular weight excluding hydrogens is 468 g/mol. The lowest BCUT2D eigenvalue weighted by Gasteiger charge is -2.16. The van der Waals surface area contributed by atoms with Crippen LogP contribution in [0.3, 0.4) is 0 Å². The van der Waals surface area contributed by atoms with Crippen molar-refractivity contribution in [1.29, 1.82) is 0 Å². The first kappa shape index (κ1) is 24.6. The smallest absolute Gasteiger partial charge is 0.283 e. The molecule has 1 N–H and O–H groups in total. The highest BCUT2D eigenvalue weighted by atomic mass is 32.2. The minimum absolute atomic E-state index is 0.0630. The number of anilines is 1. The van der Waals surface area contributed by atoms with Gasteiger partial charge in [-0.05, 0) is 48.7 Å². The number of sulfonamides is 1. The Balaban J connectivity index is 1.94. The van der Waals surface area contributed by atoms with Crippen molar-refractivity contribution in [2.24, 2.45) is 0 Å². The quantitative estimate of drug-likeness (QED) is 0.396. The van der Waals surface area contributed by atoms with Gasteiger partial charge in [-0.25, -0.2) is 8.42 Å². The largest absolute Gasteiger partial charge is 0.416 e. The molecule has 0 aliphatic rings. The summed E-state index contributed by atoms with van der Waals surface area (Å²) in [5, 5.41) is 0. The highest BCUT2D eigenvalue weighted by Crippen LogP contribution is 2.38. The molecule has 0 amide bonds. The maximum atomic E-state index is 13.0. The van der Waals surface area contributed by atoms with Crippen LogP contribution >= 0.6 is 0 Å². The van der Waals surface area contributed by atoms with Crippen molar-refractivity contribution in [2.75, 3.05) is 4.72 Å². The van der Waals surface area contributed by atoms with Gasteiger partial charge >= 0.3 is 12.4 Å². The van der Waals surface area contributed by atoms with Crippen LogP contribution in [0.25, 0.3) is 11.1 Å². The summed E-state index contributed by atoms with van der Waals surface area (Å²) in [5.41, 5.74) is -0.363. The second kappa shape index (κ2) is 8.74. The number of hydrogen-bond acceptors (Lipinski definition) is 2. The summed E-state index contributed by atoms with van der Waals surface area (Å²) in [5.74, 6) is -0.634. The third kappa shape index (κ3) is 6.50. The molecule has 0 unspecified atom stereocenters.